The Kier molecular flexibility index (Phi) is 3.26. The summed E-state index contributed by atoms with van der Waals surface area (Å²) in [5, 5.41) is 33.3. The highest BCUT2D eigenvalue weighted by molar-refractivity contribution is 5.67. The standard InChI is InChI=1S/C13H13FN4O4/c1-2-13(11(21)10(20)7(4-19)22-13)8-3-6(14)9-12(15)16-5-17-18(8)9/h1,3,5,7,10-11,19-21H,4H2,(H2,15,16,17)/t7-,10-,11-,13+/m1/s1. The Hall–Kier alpha value is -2.25. The minimum atomic E-state index is -1.87. The molecule has 3 heterocycles. The van der Waals surface area contributed by atoms with Gasteiger partial charge in [-0.2, -0.15) is 5.10 Å². The number of nitrogens with two attached hydrogens (primary N) is 1. The van der Waals surface area contributed by atoms with E-state index >= 15 is 0 Å². The fraction of sp³-hybridized carbons (Fsp3) is 0.385. The van der Waals surface area contributed by atoms with Crippen molar-refractivity contribution in [1.29, 1.82) is 0 Å². The van der Waals surface area contributed by atoms with Crippen LogP contribution in [0.4, 0.5) is 10.2 Å². The Balaban J connectivity index is 2.26. The quantitative estimate of drug-likeness (QED) is 0.492. The van der Waals surface area contributed by atoms with E-state index in [-0.39, 0.29) is 17.0 Å². The number of nitrogens with zero attached hydrogens (tertiary/aromatic N) is 3. The predicted octanol–water partition coefficient (Wildman–Crippen LogP) is -1.61. The average molecular weight is 308 g/mol. The second kappa shape index (κ2) is 4.89. The molecule has 0 bridgehead atoms. The predicted molar refractivity (Wildman–Crippen MR) is 71.8 cm³/mol. The molecule has 3 rings (SSSR count). The number of hydrogen-bond acceptors (Lipinski definition) is 7. The molecule has 0 saturated carbocycles. The topological polar surface area (TPSA) is 126 Å². The maximum Gasteiger partial charge on any atom is 0.199 e. The van der Waals surface area contributed by atoms with Crippen LogP contribution in [0.25, 0.3) is 5.52 Å². The molecule has 2 aromatic rings. The monoisotopic (exact) mass is 308 g/mol. The molecular formula is C13H13FN4O4. The van der Waals surface area contributed by atoms with Crippen LogP contribution in [0.15, 0.2) is 12.4 Å². The van der Waals surface area contributed by atoms with Crippen molar-refractivity contribution in [2.24, 2.45) is 0 Å². The highest BCUT2D eigenvalue weighted by atomic mass is 19.1. The van der Waals surface area contributed by atoms with Gasteiger partial charge in [0.05, 0.1) is 12.3 Å². The lowest BCUT2D eigenvalue weighted by atomic mass is 9.92. The number of fused-ring (bicyclic) bond motifs is 1. The van der Waals surface area contributed by atoms with Crippen molar-refractivity contribution < 1.29 is 24.4 Å². The van der Waals surface area contributed by atoms with E-state index in [4.69, 9.17) is 16.9 Å². The summed E-state index contributed by atoms with van der Waals surface area (Å²) in [7, 11) is 0. The van der Waals surface area contributed by atoms with Crippen molar-refractivity contribution in [2.45, 2.75) is 23.9 Å². The normalized spacial score (nSPS) is 31.5. The lowest BCUT2D eigenvalue weighted by molar-refractivity contribution is -0.0630. The molecule has 22 heavy (non-hydrogen) atoms. The summed E-state index contributed by atoms with van der Waals surface area (Å²) in [6, 6.07) is 1.01. The average Bonchev–Trinajstić information content (AvgIpc) is 2.98. The van der Waals surface area contributed by atoms with Crippen LogP contribution in [0, 0.1) is 18.2 Å². The van der Waals surface area contributed by atoms with Gasteiger partial charge in [0.1, 0.15) is 30.2 Å². The van der Waals surface area contributed by atoms with Crippen molar-refractivity contribution in [1.82, 2.24) is 14.6 Å². The SMILES string of the molecule is C#C[C@@]1(c2cc(F)c3c(N)ncnn23)O[C@H](CO)[C@@H](O)[C@H]1O. The van der Waals surface area contributed by atoms with Crippen LogP contribution in [-0.2, 0) is 10.3 Å². The van der Waals surface area contributed by atoms with Crippen LogP contribution in [0.5, 0.6) is 0 Å². The molecule has 1 aliphatic heterocycles. The fourth-order valence-corrected chi connectivity index (χ4v) is 2.66. The van der Waals surface area contributed by atoms with E-state index in [1.54, 1.807) is 0 Å². The number of ether oxygens (including phenoxy) is 1. The molecule has 9 heteroatoms. The Morgan fingerprint density at radius 3 is 2.86 bits per heavy atom. The molecule has 0 aromatic carbocycles. The zero-order chi connectivity index (χ0) is 16.1. The van der Waals surface area contributed by atoms with Gasteiger partial charge >= 0.3 is 0 Å². The minimum absolute atomic E-state index is 0.0286. The van der Waals surface area contributed by atoms with Crippen LogP contribution in [-0.4, -0.2) is 54.8 Å². The summed E-state index contributed by atoms with van der Waals surface area (Å²) >= 11 is 0. The fourth-order valence-electron chi connectivity index (χ4n) is 2.66. The molecule has 4 atom stereocenters. The van der Waals surface area contributed by atoms with E-state index in [0.717, 1.165) is 16.9 Å². The molecular weight excluding hydrogens is 295 g/mol. The lowest BCUT2D eigenvalue weighted by Gasteiger charge is -2.25. The number of aliphatic hydroxyl groups is 3. The number of aliphatic hydroxyl groups excluding tert-OH is 3. The Morgan fingerprint density at radius 1 is 1.55 bits per heavy atom. The summed E-state index contributed by atoms with van der Waals surface area (Å²) in [5.74, 6) is 1.37. The summed E-state index contributed by atoms with van der Waals surface area (Å²) in [5.41, 5.74) is 3.59. The molecule has 0 unspecified atom stereocenters. The van der Waals surface area contributed by atoms with Crippen LogP contribution in [0.2, 0.25) is 0 Å². The maximum absolute atomic E-state index is 14.1. The van der Waals surface area contributed by atoms with E-state index < -0.39 is 36.3 Å². The third-order valence-electron chi connectivity index (χ3n) is 3.77. The van der Waals surface area contributed by atoms with E-state index in [0.29, 0.717) is 0 Å². The smallest absolute Gasteiger partial charge is 0.199 e. The zero-order valence-corrected chi connectivity index (χ0v) is 11.2. The number of aromatic nitrogens is 3. The van der Waals surface area contributed by atoms with Gasteiger partial charge in [0.15, 0.2) is 17.2 Å². The number of halogens is 1. The first kappa shape index (κ1) is 14.7. The second-order valence-corrected chi connectivity index (χ2v) is 4.94. The molecule has 1 fully saturated rings. The Labute approximate surface area is 124 Å². The molecule has 0 amide bonds. The molecule has 116 valence electrons. The van der Waals surface area contributed by atoms with Crippen molar-refractivity contribution in [3.8, 4) is 12.3 Å². The van der Waals surface area contributed by atoms with Crippen molar-refractivity contribution in [3.63, 3.8) is 0 Å². The summed E-state index contributed by atoms with van der Waals surface area (Å²) < 4.78 is 20.6. The van der Waals surface area contributed by atoms with Gasteiger partial charge in [0.25, 0.3) is 0 Å². The number of anilines is 1. The third-order valence-corrected chi connectivity index (χ3v) is 3.77. The first-order valence-electron chi connectivity index (χ1n) is 6.37. The summed E-state index contributed by atoms with van der Waals surface area (Å²) in [6.07, 6.45) is 2.44. The third kappa shape index (κ3) is 1.72. The summed E-state index contributed by atoms with van der Waals surface area (Å²) in [6.45, 7) is -0.565. The van der Waals surface area contributed by atoms with E-state index in [1.165, 1.54) is 0 Å². The largest absolute Gasteiger partial charge is 0.394 e. The number of rotatable bonds is 2. The highest BCUT2D eigenvalue weighted by Gasteiger charge is 2.56. The molecule has 0 spiro atoms. The molecule has 8 nitrogen and oxygen atoms in total. The van der Waals surface area contributed by atoms with Crippen molar-refractivity contribution in [2.75, 3.05) is 12.3 Å². The van der Waals surface area contributed by atoms with Gasteiger partial charge in [-0.25, -0.2) is 13.9 Å². The van der Waals surface area contributed by atoms with E-state index in [9.17, 15) is 19.7 Å². The van der Waals surface area contributed by atoms with Gasteiger partial charge < -0.3 is 25.8 Å². The second-order valence-electron chi connectivity index (χ2n) is 4.94. The molecule has 0 aliphatic carbocycles. The molecule has 1 saturated heterocycles. The first-order valence-corrected chi connectivity index (χ1v) is 6.37. The van der Waals surface area contributed by atoms with Crippen LogP contribution in [0.1, 0.15) is 5.69 Å². The number of terminal acetylenes is 1. The summed E-state index contributed by atoms with van der Waals surface area (Å²) in [4.78, 5) is 3.68. The van der Waals surface area contributed by atoms with Crippen LogP contribution >= 0.6 is 0 Å². The van der Waals surface area contributed by atoms with Crippen LogP contribution in [0.3, 0.4) is 0 Å². The molecule has 1 aliphatic rings. The number of nitrogen functional groups attached to an aromatic ring is 1. The first-order chi connectivity index (χ1) is 10.5. The van der Waals surface area contributed by atoms with Gasteiger partial charge in [-0.1, -0.05) is 5.92 Å². The molecule has 2 aromatic heterocycles. The van der Waals surface area contributed by atoms with Crippen LogP contribution < -0.4 is 5.73 Å². The Bertz CT molecular complexity index is 773. The maximum atomic E-state index is 14.1. The van der Waals surface area contributed by atoms with E-state index in [1.807, 2.05) is 0 Å². The van der Waals surface area contributed by atoms with Gasteiger partial charge in [-0.3, -0.25) is 0 Å². The molecule has 0 radical (unpaired) electrons. The minimum Gasteiger partial charge on any atom is -0.394 e. The van der Waals surface area contributed by atoms with Crippen molar-refractivity contribution in [3.05, 3.63) is 23.9 Å². The van der Waals surface area contributed by atoms with Crippen molar-refractivity contribution >= 4 is 11.3 Å². The van der Waals surface area contributed by atoms with Gasteiger partial charge in [-0.15, -0.1) is 6.42 Å². The Morgan fingerprint density at radius 2 is 2.27 bits per heavy atom. The highest BCUT2D eigenvalue weighted by Crippen LogP contribution is 2.40. The van der Waals surface area contributed by atoms with Gasteiger partial charge in [0, 0.05) is 6.07 Å². The zero-order valence-electron chi connectivity index (χ0n) is 11.2. The van der Waals surface area contributed by atoms with Gasteiger partial charge in [0.2, 0.25) is 0 Å². The van der Waals surface area contributed by atoms with Gasteiger partial charge in [-0.05, 0) is 0 Å². The lowest BCUT2D eigenvalue weighted by Crippen LogP contribution is -2.41. The molecule has 5 N–H and O–H groups in total. The van der Waals surface area contributed by atoms with E-state index in [2.05, 4.69) is 16.0 Å². The number of hydrogen-bond donors (Lipinski definition) is 4.